The van der Waals surface area contributed by atoms with Crippen LogP contribution in [0.15, 0.2) is 45.9 Å². The fourth-order valence-corrected chi connectivity index (χ4v) is 1.71. The van der Waals surface area contributed by atoms with Gasteiger partial charge >= 0.3 is 0 Å². The molecule has 0 saturated carbocycles. The summed E-state index contributed by atoms with van der Waals surface area (Å²) in [7, 11) is 0. The van der Waals surface area contributed by atoms with Crippen molar-refractivity contribution in [2.24, 2.45) is 0 Å². The molecule has 0 spiro atoms. The highest BCUT2D eigenvalue weighted by molar-refractivity contribution is 9.10. The molecule has 2 aromatic heterocycles. The van der Waals surface area contributed by atoms with Crippen LogP contribution < -0.4 is 5.32 Å². The van der Waals surface area contributed by atoms with E-state index < -0.39 is 0 Å². The Bertz CT molecular complexity index is 414. The molecule has 0 aromatic carbocycles. The molecule has 0 aliphatic heterocycles. The molecule has 0 atom stereocenters. The van der Waals surface area contributed by atoms with Crippen molar-refractivity contribution >= 4 is 15.9 Å². The second-order valence-corrected chi connectivity index (χ2v) is 4.16. The molecule has 0 amide bonds. The average molecular weight is 267 g/mol. The van der Waals surface area contributed by atoms with Gasteiger partial charge in [-0.2, -0.15) is 0 Å². The van der Waals surface area contributed by atoms with Crippen LogP contribution in [-0.4, -0.2) is 4.98 Å². The van der Waals surface area contributed by atoms with Crippen LogP contribution in [0.25, 0.3) is 0 Å². The monoisotopic (exact) mass is 266 g/mol. The zero-order valence-corrected chi connectivity index (χ0v) is 9.70. The van der Waals surface area contributed by atoms with Gasteiger partial charge < -0.3 is 9.73 Å². The molecule has 0 bridgehead atoms. The highest BCUT2D eigenvalue weighted by Crippen LogP contribution is 2.09. The second kappa shape index (κ2) is 5.09. The Hall–Kier alpha value is -1.13. The first kappa shape index (κ1) is 10.4. The van der Waals surface area contributed by atoms with Gasteiger partial charge in [-0.05, 0) is 33.6 Å². The van der Waals surface area contributed by atoms with Crippen molar-refractivity contribution in [3.63, 3.8) is 0 Å². The SMILES string of the molecule is Brc1cncc(CNCc2ccoc2)c1. The topological polar surface area (TPSA) is 38.1 Å². The number of halogens is 1. The van der Waals surface area contributed by atoms with Crippen LogP contribution >= 0.6 is 15.9 Å². The van der Waals surface area contributed by atoms with Crippen LogP contribution in [0, 0.1) is 0 Å². The van der Waals surface area contributed by atoms with E-state index in [0.717, 1.165) is 28.7 Å². The third-order valence-electron chi connectivity index (χ3n) is 2.00. The van der Waals surface area contributed by atoms with Crippen molar-refractivity contribution in [2.45, 2.75) is 13.1 Å². The van der Waals surface area contributed by atoms with Crippen molar-refractivity contribution in [2.75, 3.05) is 0 Å². The van der Waals surface area contributed by atoms with Gasteiger partial charge in [0.25, 0.3) is 0 Å². The van der Waals surface area contributed by atoms with E-state index >= 15 is 0 Å². The summed E-state index contributed by atoms with van der Waals surface area (Å²) in [4.78, 5) is 4.09. The van der Waals surface area contributed by atoms with Gasteiger partial charge in [-0.3, -0.25) is 4.98 Å². The first-order chi connectivity index (χ1) is 7.34. The maximum absolute atomic E-state index is 4.98. The summed E-state index contributed by atoms with van der Waals surface area (Å²) in [5.41, 5.74) is 2.31. The van der Waals surface area contributed by atoms with Gasteiger partial charge in [0.1, 0.15) is 0 Å². The Morgan fingerprint density at radius 3 is 2.87 bits per heavy atom. The molecule has 0 fully saturated rings. The standard InChI is InChI=1S/C11H11BrN2O/c12-11-3-10(6-14-7-11)5-13-4-9-1-2-15-8-9/h1-3,6-8,13H,4-5H2. The van der Waals surface area contributed by atoms with Gasteiger partial charge in [0.15, 0.2) is 0 Å². The normalized spacial score (nSPS) is 10.5. The van der Waals surface area contributed by atoms with Crippen LogP contribution in [0.3, 0.4) is 0 Å². The lowest BCUT2D eigenvalue weighted by Gasteiger charge is -2.02. The zero-order valence-electron chi connectivity index (χ0n) is 8.11. The average Bonchev–Trinajstić information content (AvgIpc) is 2.71. The van der Waals surface area contributed by atoms with Crippen LogP contribution in [0.2, 0.25) is 0 Å². The Morgan fingerprint density at radius 2 is 2.13 bits per heavy atom. The van der Waals surface area contributed by atoms with Gasteiger partial charge in [0, 0.05) is 35.5 Å². The third-order valence-corrected chi connectivity index (χ3v) is 2.43. The van der Waals surface area contributed by atoms with E-state index in [1.54, 1.807) is 18.7 Å². The van der Waals surface area contributed by atoms with E-state index in [1.165, 1.54) is 0 Å². The lowest BCUT2D eigenvalue weighted by molar-refractivity contribution is 0.560. The molecule has 3 nitrogen and oxygen atoms in total. The predicted molar refractivity (Wildman–Crippen MR) is 61.2 cm³/mol. The first-order valence-electron chi connectivity index (χ1n) is 4.66. The van der Waals surface area contributed by atoms with Gasteiger partial charge in [0.2, 0.25) is 0 Å². The largest absolute Gasteiger partial charge is 0.472 e. The second-order valence-electron chi connectivity index (χ2n) is 3.25. The first-order valence-corrected chi connectivity index (χ1v) is 5.45. The molecule has 2 rings (SSSR count). The van der Waals surface area contributed by atoms with Crippen LogP contribution in [0.4, 0.5) is 0 Å². The number of nitrogens with one attached hydrogen (secondary N) is 1. The lowest BCUT2D eigenvalue weighted by atomic mass is 10.3. The summed E-state index contributed by atoms with van der Waals surface area (Å²) in [5, 5.41) is 3.31. The molecule has 0 radical (unpaired) electrons. The molecule has 78 valence electrons. The van der Waals surface area contributed by atoms with Gasteiger partial charge in [-0.15, -0.1) is 0 Å². The Balaban J connectivity index is 1.83. The van der Waals surface area contributed by atoms with E-state index in [1.807, 2.05) is 12.3 Å². The number of hydrogen-bond acceptors (Lipinski definition) is 3. The van der Waals surface area contributed by atoms with Gasteiger partial charge in [0.05, 0.1) is 12.5 Å². The van der Waals surface area contributed by atoms with Crippen molar-refractivity contribution in [1.82, 2.24) is 10.3 Å². The highest BCUT2D eigenvalue weighted by Gasteiger charge is 1.96. The van der Waals surface area contributed by atoms with E-state index in [-0.39, 0.29) is 0 Å². The number of hydrogen-bond donors (Lipinski definition) is 1. The smallest absolute Gasteiger partial charge is 0.0947 e. The van der Waals surface area contributed by atoms with E-state index in [9.17, 15) is 0 Å². The minimum Gasteiger partial charge on any atom is -0.472 e. The van der Waals surface area contributed by atoms with Crippen LogP contribution in [-0.2, 0) is 13.1 Å². The summed E-state index contributed by atoms with van der Waals surface area (Å²) in [6.45, 7) is 1.61. The summed E-state index contributed by atoms with van der Waals surface area (Å²) in [5.74, 6) is 0. The molecule has 0 unspecified atom stereocenters. The Kier molecular flexibility index (Phi) is 3.53. The Morgan fingerprint density at radius 1 is 1.27 bits per heavy atom. The summed E-state index contributed by atoms with van der Waals surface area (Å²) in [6.07, 6.45) is 7.05. The highest BCUT2D eigenvalue weighted by atomic mass is 79.9. The minimum absolute atomic E-state index is 0.803. The fraction of sp³-hybridized carbons (Fsp3) is 0.182. The predicted octanol–water partition coefficient (Wildman–Crippen LogP) is 2.73. The maximum atomic E-state index is 4.98. The van der Waals surface area contributed by atoms with E-state index in [0.29, 0.717) is 0 Å². The summed E-state index contributed by atoms with van der Waals surface area (Å²) in [6, 6.07) is 4.00. The molecule has 2 heterocycles. The van der Waals surface area contributed by atoms with Crippen molar-refractivity contribution in [3.8, 4) is 0 Å². The molecule has 15 heavy (non-hydrogen) atoms. The fourth-order valence-electron chi connectivity index (χ4n) is 1.30. The molecular weight excluding hydrogens is 256 g/mol. The van der Waals surface area contributed by atoms with Crippen LogP contribution in [0.1, 0.15) is 11.1 Å². The molecule has 2 aromatic rings. The van der Waals surface area contributed by atoms with Crippen LogP contribution in [0.5, 0.6) is 0 Å². The van der Waals surface area contributed by atoms with Crippen molar-refractivity contribution in [1.29, 1.82) is 0 Å². The number of nitrogens with zero attached hydrogens (tertiary/aromatic N) is 1. The van der Waals surface area contributed by atoms with Gasteiger partial charge in [-0.25, -0.2) is 0 Å². The molecule has 0 saturated heterocycles. The van der Waals surface area contributed by atoms with E-state index in [4.69, 9.17) is 4.42 Å². The quantitative estimate of drug-likeness (QED) is 0.925. The molecular formula is C11H11BrN2O. The Labute approximate surface area is 96.6 Å². The van der Waals surface area contributed by atoms with E-state index in [2.05, 4.69) is 32.3 Å². The maximum Gasteiger partial charge on any atom is 0.0947 e. The number of rotatable bonds is 4. The molecule has 0 aliphatic rings. The minimum atomic E-state index is 0.803. The number of aromatic nitrogens is 1. The zero-order chi connectivity index (χ0) is 10.5. The molecule has 4 heteroatoms. The third kappa shape index (κ3) is 3.18. The number of pyridine rings is 1. The van der Waals surface area contributed by atoms with Crippen molar-refractivity contribution < 1.29 is 4.42 Å². The summed E-state index contributed by atoms with van der Waals surface area (Å²) < 4.78 is 5.98. The lowest BCUT2D eigenvalue weighted by Crippen LogP contribution is -2.12. The van der Waals surface area contributed by atoms with Crippen molar-refractivity contribution in [3.05, 3.63) is 52.7 Å². The molecule has 0 aliphatic carbocycles. The summed E-state index contributed by atoms with van der Waals surface area (Å²) >= 11 is 3.39. The number of furan rings is 1. The van der Waals surface area contributed by atoms with Gasteiger partial charge in [-0.1, -0.05) is 0 Å². The molecule has 1 N–H and O–H groups in total.